The topological polar surface area (TPSA) is 50.8 Å². The largest absolute Gasteiger partial charge is 0.350 e. The molecule has 1 saturated heterocycles. The SMILES string of the molecule is C=C(C)CN(C)C(=O)NOC1CCCCO1. The highest BCUT2D eigenvalue weighted by atomic mass is 16.8. The van der Waals surface area contributed by atoms with Crippen LogP contribution in [0.25, 0.3) is 0 Å². The van der Waals surface area contributed by atoms with Crippen LogP contribution in [0.3, 0.4) is 0 Å². The number of urea groups is 1. The molecule has 92 valence electrons. The van der Waals surface area contributed by atoms with Crippen molar-refractivity contribution in [3.63, 3.8) is 0 Å². The molecule has 1 atom stereocenters. The summed E-state index contributed by atoms with van der Waals surface area (Å²) < 4.78 is 5.32. The summed E-state index contributed by atoms with van der Waals surface area (Å²) in [5, 5.41) is 0. The van der Waals surface area contributed by atoms with Gasteiger partial charge in [-0.3, -0.25) is 0 Å². The van der Waals surface area contributed by atoms with Crippen LogP contribution in [0.15, 0.2) is 12.2 Å². The number of amides is 2. The van der Waals surface area contributed by atoms with Crippen molar-refractivity contribution in [3.05, 3.63) is 12.2 Å². The Morgan fingerprint density at radius 1 is 1.62 bits per heavy atom. The highest BCUT2D eigenvalue weighted by Gasteiger charge is 2.16. The lowest BCUT2D eigenvalue weighted by Gasteiger charge is -2.24. The summed E-state index contributed by atoms with van der Waals surface area (Å²) in [7, 11) is 1.69. The van der Waals surface area contributed by atoms with Gasteiger partial charge in [0.2, 0.25) is 0 Å². The number of likely N-dealkylation sites (N-methyl/N-ethyl adjacent to an activating group) is 1. The Balaban J connectivity index is 2.20. The predicted molar refractivity (Wildman–Crippen MR) is 60.7 cm³/mol. The number of nitrogens with zero attached hydrogens (tertiary/aromatic N) is 1. The van der Waals surface area contributed by atoms with Crippen LogP contribution < -0.4 is 5.48 Å². The van der Waals surface area contributed by atoms with E-state index in [4.69, 9.17) is 9.57 Å². The molecular weight excluding hydrogens is 208 g/mol. The van der Waals surface area contributed by atoms with Gasteiger partial charge >= 0.3 is 6.03 Å². The van der Waals surface area contributed by atoms with Crippen molar-refractivity contribution in [2.75, 3.05) is 20.2 Å². The highest BCUT2D eigenvalue weighted by Crippen LogP contribution is 2.12. The van der Waals surface area contributed by atoms with Gasteiger partial charge in [0.05, 0.1) is 0 Å². The number of carbonyl (C=O) groups is 1. The van der Waals surface area contributed by atoms with Crippen molar-refractivity contribution in [2.45, 2.75) is 32.5 Å². The van der Waals surface area contributed by atoms with E-state index in [1.54, 1.807) is 7.05 Å². The Bertz CT molecular complexity index is 250. The fourth-order valence-electron chi connectivity index (χ4n) is 1.47. The molecule has 1 rings (SSSR count). The van der Waals surface area contributed by atoms with Gasteiger partial charge in [0.25, 0.3) is 0 Å². The normalized spacial score (nSPS) is 20.2. The molecule has 0 aromatic heterocycles. The Hall–Kier alpha value is -1.07. The number of rotatable bonds is 4. The molecule has 0 aromatic carbocycles. The molecule has 2 amide bonds. The molecule has 1 unspecified atom stereocenters. The van der Waals surface area contributed by atoms with Crippen molar-refractivity contribution in [3.8, 4) is 0 Å². The molecule has 0 saturated carbocycles. The van der Waals surface area contributed by atoms with E-state index in [2.05, 4.69) is 12.1 Å². The molecule has 0 aromatic rings. The van der Waals surface area contributed by atoms with Crippen molar-refractivity contribution in [1.29, 1.82) is 0 Å². The summed E-state index contributed by atoms with van der Waals surface area (Å²) in [6.07, 6.45) is 2.65. The lowest BCUT2D eigenvalue weighted by molar-refractivity contribution is -0.187. The highest BCUT2D eigenvalue weighted by molar-refractivity contribution is 5.72. The van der Waals surface area contributed by atoms with Crippen LogP contribution in [-0.2, 0) is 9.57 Å². The van der Waals surface area contributed by atoms with Crippen LogP contribution in [-0.4, -0.2) is 37.4 Å². The first-order valence-corrected chi connectivity index (χ1v) is 5.52. The Morgan fingerprint density at radius 2 is 2.38 bits per heavy atom. The molecule has 0 bridgehead atoms. The minimum absolute atomic E-state index is 0.280. The molecular formula is C11H20N2O3. The second-order valence-corrected chi connectivity index (χ2v) is 4.13. The zero-order valence-electron chi connectivity index (χ0n) is 9.99. The first-order chi connectivity index (χ1) is 7.59. The van der Waals surface area contributed by atoms with E-state index in [0.29, 0.717) is 13.2 Å². The van der Waals surface area contributed by atoms with Gasteiger partial charge in [-0.25, -0.2) is 15.1 Å². The molecule has 5 heteroatoms. The van der Waals surface area contributed by atoms with Crippen molar-refractivity contribution in [1.82, 2.24) is 10.4 Å². The molecule has 1 aliphatic rings. The minimum Gasteiger partial charge on any atom is -0.350 e. The summed E-state index contributed by atoms with van der Waals surface area (Å²) in [6.45, 7) is 6.82. The van der Waals surface area contributed by atoms with E-state index < -0.39 is 0 Å². The van der Waals surface area contributed by atoms with Crippen molar-refractivity contribution >= 4 is 6.03 Å². The van der Waals surface area contributed by atoms with Gasteiger partial charge in [0, 0.05) is 26.6 Å². The Morgan fingerprint density at radius 3 is 2.94 bits per heavy atom. The summed E-state index contributed by atoms with van der Waals surface area (Å²) >= 11 is 0. The van der Waals surface area contributed by atoms with Gasteiger partial charge < -0.3 is 9.64 Å². The molecule has 0 aliphatic carbocycles. The first kappa shape index (κ1) is 13.0. The van der Waals surface area contributed by atoms with Gasteiger partial charge in [-0.05, 0) is 19.8 Å². The predicted octanol–water partition coefficient (Wildman–Crippen LogP) is 1.66. The maximum Gasteiger partial charge on any atom is 0.341 e. The Labute approximate surface area is 96.3 Å². The van der Waals surface area contributed by atoms with Crippen LogP contribution in [0, 0.1) is 0 Å². The van der Waals surface area contributed by atoms with Gasteiger partial charge in [-0.15, -0.1) is 0 Å². The summed E-state index contributed by atoms with van der Waals surface area (Å²) in [6, 6.07) is -0.280. The quantitative estimate of drug-likeness (QED) is 0.588. The monoisotopic (exact) mass is 228 g/mol. The van der Waals surface area contributed by atoms with Crippen LogP contribution >= 0.6 is 0 Å². The molecule has 0 spiro atoms. The zero-order chi connectivity index (χ0) is 12.0. The number of carbonyl (C=O) groups excluding carboxylic acids is 1. The third-order valence-corrected chi connectivity index (χ3v) is 2.27. The smallest absolute Gasteiger partial charge is 0.341 e. The average Bonchev–Trinajstić information content (AvgIpc) is 2.26. The summed E-state index contributed by atoms with van der Waals surface area (Å²) in [4.78, 5) is 18.2. The lowest BCUT2D eigenvalue weighted by atomic mass is 10.2. The first-order valence-electron chi connectivity index (χ1n) is 5.52. The zero-order valence-corrected chi connectivity index (χ0v) is 9.99. The number of ether oxygens (including phenoxy) is 1. The minimum atomic E-state index is -0.309. The Kier molecular flexibility index (Phi) is 5.28. The van der Waals surface area contributed by atoms with E-state index in [1.165, 1.54) is 4.90 Å². The van der Waals surface area contributed by atoms with E-state index in [0.717, 1.165) is 24.8 Å². The fourth-order valence-corrected chi connectivity index (χ4v) is 1.47. The van der Waals surface area contributed by atoms with Gasteiger partial charge in [0.1, 0.15) is 0 Å². The molecule has 1 aliphatic heterocycles. The molecule has 16 heavy (non-hydrogen) atoms. The fraction of sp³-hybridized carbons (Fsp3) is 0.727. The molecule has 0 radical (unpaired) electrons. The lowest BCUT2D eigenvalue weighted by Crippen LogP contribution is -2.41. The van der Waals surface area contributed by atoms with E-state index >= 15 is 0 Å². The molecule has 5 nitrogen and oxygen atoms in total. The number of hydrogen-bond donors (Lipinski definition) is 1. The van der Waals surface area contributed by atoms with Crippen LogP contribution in [0.4, 0.5) is 4.79 Å². The maximum absolute atomic E-state index is 11.5. The number of hydroxylamine groups is 1. The van der Waals surface area contributed by atoms with E-state index in [1.807, 2.05) is 6.92 Å². The standard InChI is InChI=1S/C11H20N2O3/c1-9(2)8-13(3)11(14)12-16-10-6-4-5-7-15-10/h10H,1,4-8H2,2-3H3,(H,12,14). The second kappa shape index (κ2) is 6.50. The average molecular weight is 228 g/mol. The number of nitrogens with one attached hydrogen (secondary N) is 1. The second-order valence-electron chi connectivity index (χ2n) is 4.13. The van der Waals surface area contributed by atoms with Gasteiger partial charge in [0.15, 0.2) is 6.29 Å². The van der Waals surface area contributed by atoms with Gasteiger partial charge in [-0.2, -0.15) is 0 Å². The summed E-state index contributed by atoms with van der Waals surface area (Å²) in [5.74, 6) is 0. The third kappa shape index (κ3) is 4.63. The van der Waals surface area contributed by atoms with Crippen LogP contribution in [0.2, 0.25) is 0 Å². The van der Waals surface area contributed by atoms with E-state index in [9.17, 15) is 4.79 Å². The van der Waals surface area contributed by atoms with Crippen LogP contribution in [0.1, 0.15) is 26.2 Å². The third-order valence-electron chi connectivity index (χ3n) is 2.27. The van der Waals surface area contributed by atoms with Crippen molar-refractivity contribution in [2.24, 2.45) is 0 Å². The van der Waals surface area contributed by atoms with Crippen LogP contribution in [0.5, 0.6) is 0 Å². The van der Waals surface area contributed by atoms with E-state index in [-0.39, 0.29) is 12.3 Å². The molecule has 1 N–H and O–H groups in total. The number of hydrogen-bond acceptors (Lipinski definition) is 3. The maximum atomic E-state index is 11.5. The van der Waals surface area contributed by atoms with Gasteiger partial charge in [-0.1, -0.05) is 12.2 Å². The molecule has 1 fully saturated rings. The van der Waals surface area contributed by atoms with Crippen molar-refractivity contribution < 1.29 is 14.4 Å². The molecule has 1 heterocycles. The summed E-state index contributed by atoms with van der Waals surface area (Å²) in [5.41, 5.74) is 3.30.